The van der Waals surface area contributed by atoms with Crippen LogP contribution < -0.4 is 0 Å². The molecule has 2 aliphatic heterocycles. The summed E-state index contributed by atoms with van der Waals surface area (Å²) >= 11 is 0. The van der Waals surface area contributed by atoms with Gasteiger partial charge in [0.15, 0.2) is 0 Å². The number of likely N-dealkylation sites (N-methyl/N-ethyl adjacent to an activating group) is 1. The summed E-state index contributed by atoms with van der Waals surface area (Å²) < 4.78 is 5.59. The van der Waals surface area contributed by atoms with Crippen molar-refractivity contribution in [1.82, 2.24) is 9.80 Å². The first-order chi connectivity index (χ1) is 12.1. The average molecular weight is 344 g/mol. The van der Waals surface area contributed by atoms with Crippen LogP contribution in [0.5, 0.6) is 0 Å². The Balaban J connectivity index is 1.53. The standard InChI is InChI=1S/C20H28N2O3/c1-3-15-7-9-16(10-8-15)5-4-6-19(23)22-11-17-13-25-14-18(12-22)21(2)20(17)24/h7-10,17-18H,3-6,11-14H2,1-2H3/t17-,18+/m1/s1. The number of amides is 2. The number of nitrogens with zero attached hydrogens (tertiary/aromatic N) is 2. The summed E-state index contributed by atoms with van der Waals surface area (Å²) in [6.45, 7) is 4.17. The van der Waals surface area contributed by atoms with Crippen LogP contribution in [0.4, 0.5) is 0 Å². The Hall–Kier alpha value is -1.88. The predicted octanol–water partition coefficient (Wildman–Crippen LogP) is 1.89. The monoisotopic (exact) mass is 344 g/mol. The Morgan fingerprint density at radius 2 is 1.88 bits per heavy atom. The van der Waals surface area contributed by atoms with Gasteiger partial charge in [-0.25, -0.2) is 0 Å². The van der Waals surface area contributed by atoms with Crippen molar-refractivity contribution in [2.75, 3.05) is 33.4 Å². The van der Waals surface area contributed by atoms with Crippen LogP contribution in [0, 0.1) is 5.92 Å². The molecule has 0 unspecified atom stereocenters. The van der Waals surface area contributed by atoms with Gasteiger partial charge in [-0.2, -0.15) is 0 Å². The van der Waals surface area contributed by atoms with E-state index in [1.165, 1.54) is 11.1 Å². The van der Waals surface area contributed by atoms with Crippen LogP contribution in [0.15, 0.2) is 24.3 Å². The zero-order valence-electron chi connectivity index (χ0n) is 15.2. The molecule has 0 aliphatic carbocycles. The van der Waals surface area contributed by atoms with Crippen LogP contribution in [-0.4, -0.2) is 61.0 Å². The SMILES string of the molecule is CCc1ccc(CCCC(=O)N2C[C@@H]3COC[C@H](C2)N(C)C3=O)cc1. The summed E-state index contributed by atoms with van der Waals surface area (Å²) in [7, 11) is 1.82. The summed E-state index contributed by atoms with van der Waals surface area (Å²) in [6, 6.07) is 8.61. The predicted molar refractivity (Wildman–Crippen MR) is 96.2 cm³/mol. The third-order valence-electron chi connectivity index (χ3n) is 5.39. The number of rotatable bonds is 5. The zero-order chi connectivity index (χ0) is 17.8. The largest absolute Gasteiger partial charge is 0.378 e. The zero-order valence-corrected chi connectivity index (χ0v) is 15.2. The minimum Gasteiger partial charge on any atom is -0.378 e. The lowest BCUT2D eigenvalue weighted by molar-refractivity contribution is -0.134. The smallest absolute Gasteiger partial charge is 0.229 e. The molecule has 2 aliphatic rings. The van der Waals surface area contributed by atoms with Gasteiger partial charge in [-0.05, 0) is 30.4 Å². The summed E-state index contributed by atoms with van der Waals surface area (Å²) in [6.07, 6.45) is 3.34. The normalized spacial score (nSPS) is 23.5. The van der Waals surface area contributed by atoms with Crippen molar-refractivity contribution in [2.45, 2.75) is 38.6 Å². The Morgan fingerprint density at radius 3 is 2.60 bits per heavy atom. The molecule has 5 nitrogen and oxygen atoms in total. The number of carbonyl (C=O) groups is 2. The molecule has 0 radical (unpaired) electrons. The quantitative estimate of drug-likeness (QED) is 0.820. The first-order valence-electron chi connectivity index (χ1n) is 9.28. The fraction of sp³-hybridized carbons (Fsp3) is 0.600. The lowest BCUT2D eigenvalue weighted by Crippen LogP contribution is -2.45. The molecule has 3 rings (SSSR count). The number of benzene rings is 1. The molecular formula is C20H28N2O3. The molecule has 136 valence electrons. The fourth-order valence-electron chi connectivity index (χ4n) is 3.65. The Labute approximate surface area is 149 Å². The second kappa shape index (κ2) is 8.00. The van der Waals surface area contributed by atoms with E-state index in [-0.39, 0.29) is 23.8 Å². The Bertz CT molecular complexity index is 614. The number of carbonyl (C=O) groups excluding carboxylic acids is 2. The van der Waals surface area contributed by atoms with E-state index in [0.717, 1.165) is 19.3 Å². The number of fused-ring (bicyclic) bond motifs is 3. The molecule has 2 saturated heterocycles. The third kappa shape index (κ3) is 4.21. The highest BCUT2D eigenvalue weighted by Crippen LogP contribution is 2.20. The van der Waals surface area contributed by atoms with Crippen LogP contribution in [0.3, 0.4) is 0 Å². The molecule has 0 spiro atoms. The van der Waals surface area contributed by atoms with E-state index in [2.05, 4.69) is 31.2 Å². The highest BCUT2D eigenvalue weighted by Gasteiger charge is 2.38. The van der Waals surface area contributed by atoms with Gasteiger partial charge in [0, 0.05) is 26.6 Å². The number of hydrogen-bond acceptors (Lipinski definition) is 3. The third-order valence-corrected chi connectivity index (χ3v) is 5.39. The summed E-state index contributed by atoms with van der Waals surface area (Å²) in [5.74, 6) is 0.0435. The fourth-order valence-corrected chi connectivity index (χ4v) is 3.65. The van der Waals surface area contributed by atoms with Gasteiger partial charge < -0.3 is 14.5 Å². The maximum absolute atomic E-state index is 12.6. The molecule has 0 aromatic heterocycles. The minimum absolute atomic E-state index is 0.0226. The molecule has 25 heavy (non-hydrogen) atoms. The first kappa shape index (κ1) is 17.9. The van der Waals surface area contributed by atoms with E-state index in [1.807, 2.05) is 11.9 Å². The minimum atomic E-state index is -0.219. The Morgan fingerprint density at radius 1 is 1.16 bits per heavy atom. The molecule has 2 amide bonds. The first-order valence-corrected chi connectivity index (χ1v) is 9.28. The van der Waals surface area contributed by atoms with Crippen LogP contribution in [-0.2, 0) is 27.2 Å². The van der Waals surface area contributed by atoms with Crippen molar-refractivity contribution in [2.24, 2.45) is 5.92 Å². The van der Waals surface area contributed by atoms with Crippen molar-refractivity contribution < 1.29 is 14.3 Å². The van der Waals surface area contributed by atoms with E-state index in [4.69, 9.17) is 4.74 Å². The van der Waals surface area contributed by atoms with Crippen molar-refractivity contribution in [3.8, 4) is 0 Å². The van der Waals surface area contributed by atoms with Crippen molar-refractivity contribution >= 4 is 11.8 Å². The van der Waals surface area contributed by atoms with E-state index >= 15 is 0 Å². The van der Waals surface area contributed by atoms with Gasteiger partial charge in [0.25, 0.3) is 0 Å². The van der Waals surface area contributed by atoms with Crippen molar-refractivity contribution in [3.63, 3.8) is 0 Å². The highest BCUT2D eigenvalue weighted by molar-refractivity contribution is 5.82. The number of ether oxygens (including phenoxy) is 1. The molecule has 0 saturated carbocycles. The highest BCUT2D eigenvalue weighted by atomic mass is 16.5. The van der Waals surface area contributed by atoms with Gasteiger partial charge in [-0.1, -0.05) is 31.2 Å². The van der Waals surface area contributed by atoms with E-state index in [1.54, 1.807) is 4.90 Å². The second-order valence-electron chi connectivity index (χ2n) is 7.16. The molecule has 0 N–H and O–H groups in total. The molecule has 2 heterocycles. The van der Waals surface area contributed by atoms with Gasteiger partial charge >= 0.3 is 0 Å². The van der Waals surface area contributed by atoms with Crippen LogP contribution >= 0.6 is 0 Å². The van der Waals surface area contributed by atoms with Gasteiger partial charge in [0.2, 0.25) is 11.8 Å². The lowest BCUT2D eigenvalue weighted by atomic mass is 10.0. The molecule has 1 aromatic carbocycles. The topological polar surface area (TPSA) is 49.9 Å². The number of hydrogen-bond donors (Lipinski definition) is 0. The van der Waals surface area contributed by atoms with Gasteiger partial charge in [0.1, 0.15) is 0 Å². The van der Waals surface area contributed by atoms with E-state index in [9.17, 15) is 9.59 Å². The molecule has 2 fully saturated rings. The van der Waals surface area contributed by atoms with Crippen molar-refractivity contribution in [3.05, 3.63) is 35.4 Å². The van der Waals surface area contributed by atoms with Crippen molar-refractivity contribution in [1.29, 1.82) is 0 Å². The molecule has 2 bridgehead atoms. The summed E-state index contributed by atoms with van der Waals surface area (Å²) in [5.41, 5.74) is 2.62. The molecular weight excluding hydrogens is 316 g/mol. The van der Waals surface area contributed by atoms with Crippen LogP contribution in [0.1, 0.15) is 30.9 Å². The van der Waals surface area contributed by atoms with Gasteiger partial charge in [-0.15, -0.1) is 0 Å². The van der Waals surface area contributed by atoms with Crippen LogP contribution in [0.2, 0.25) is 0 Å². The second-order valence-corrected chi connectivity index (χ2v) is 7.16. The van der Waals surface area contributed by atoms with Gasteiger partial charge in [0.05, 0.1) is 25.2 Å². The summed E-state index contributed by atoms with van der Waals surface area (Å²) in [4.78, 5) is 28.6. The number of aryl methyl sites for hydroxylation is 2. The van der Waals surface area contributed by atoms with E-state index < -0.39 is 0 Å². The maximum atomic E-state index is 12.6. The van der Waals surface area contributed by atoms with E-state index in [0.29, 0.717) is 32.7 Å². The molecule has 2 atom stereocenters. The van der Waals surface area contributed by atoms with Gasteiger partial charge in [-0.3, -0.25) is 9.59 Å². The molecule has 1 aromatic rings. The molecule has 5 heteroatoms. The summed E-state index contributed by atoms with van der Waals surface area (Å²) in [5, 5.41) is 0. The average Bonchev–Trinajstić information content (AvgIpc) is 2.80. The lowest BCUT2D eigenvalue weighted by Gasteiger charge is -2.29. The Kier molecular flexibility index (Phi) is 5.74. The van der Waals surface area contributed by atoms with Crippen LogP contribution in [0.25, 0.3) is 0 Å². The maximum Gasteiger partial charge on any atom is 0.229 e.